The minimum Gasteiger partial charge on any atom is -0.480 e. The van der Waals surface area contributed by atoms with Crippen LogP contribution in [0.4, 0.5) is 0 Å². The third-order valence-corrected chi connectivity index (χ3v) is 4.58. The number of rotatable bonds is 6. The largest absolute Gasteiger partial charge is 0.480 e. The third kappa shape index (κ3) is 5.84. The van der Waals surface area contributed by atoms with Gasteiger partial charge in [-0.3, -0.25) is 4.79 Å². The summed E-state index contributed by atoms with van der Waals surface area (Å²) in [7, 11) is -3.67. The number of carboxylic acid groups (broad SMARTS) is 1. The van der Waals surface area contributed by atoms with E-state index in [9.17, 15) is 18.0 Å². The van der Waals surface area contributed by atoms with E-state index in [1.807, 2.05) is 0 Å². The minimum absolute atomic E-state index is 0.284. The first-order valence-corrected chi connectivity index (χ1v) is 8.62. The van der Waals surface area contributed by atoms with Gasteiger partial charge in [-0.05, 0) is 31.5 Å². The molecule has 0 aliphatic rings. The van der Waals surface area contributed by atoms with Crippen molar-refractivity contribution in [3.8, 4) is 0 Å². The molecule has 0 unspecified atom stereocenters. The predicted octanol–water partition coefficient (Wildman–Crippen LogP) is 1.34. The third-order valence-electron chi connectivity index (χ3n) is 2.61. The number of carbonyl (C=O) groups excluding carboxylic acids is 1. The van der Waals surface area contributed by atoms with Crippen molar-refractivity contribution < 1.29 is 23.1 Å². The number of nitrogens with one attached hydrogen (secondary N) is 1. The van der Waals surface area contributed by atoms with Gasteiger partial charge in [0.2, 0.25) is 5.91 Å². The van der Waals surface area contributed by atoms with E-state index in [2.05, 4.69) is 21.2 Å². The van der Waals surface area contributed by atoms with Crippen molar-refractivity contribution in [2.75, 3.05) is 5.75 Å². The second-order valence-electron chi connectivity index (χ2n) is 5.14. The van der Waals surface area contributed by atoms with Crippen molar-refractivity contribution in [1.29, 1.82) is 0 Å². The molecule has 2 N–H and O–H groups in total. The minimum atomic E-state index is -3.67. The van der Waals surface area contributed by atoms with Gasteiger partial charge < -0.3 is 10.4 Å². The lowest BCUT2D eigenvalue weighted by molar-refractivity contribution is -0.145. The van der Waals surface area contributed by atoms with E-state index in [1.165, 1.54) is 13.8 Å². The van der Waals surface area contributed by atoms with Crippen LogP contribution in [0.15, 0.2) is 28.7 Å². The molecule has 0 aromatic heterocycles. The zero-order valence-corrected chi connectivity index (χ0v) is 14.0. The molecule has 0 aliphatic heterocycles. The van der Waals surface area contributed by atoms with Crippen LogP contribution in [0.25, 0.3) is 0 Å². The van der Waals surface area contributed by atoms with Gasteiger partial charge in [0.1, 0.15) is 11.3 Å². The van der Waals surface area contributed by atoms with Gasteiger partial charge in [-0.15, -0.1) is 0 Å². The summed E-state index contributed by atoms with van der Waals surface area (Å²) in [6, 6.07) is 6.75. The van der Waals surface area contributed by atoms with Crippen LogP contribution in [0.3, 0.4) is 0 Å². The molecule has 1 aromatic carbocycles. The first-order chi connectivity index (χ1) is 9.52. The number of hydrogen-bond donors (Lipinski definition) is 2. The summed E-state index contributed by atoms with van der Waals surface area (Å²) in [5.74, 6) is -3.11. The summed E-state index contributed by atoms with van der Waals surface area (Å²) in [5, 5.41) is 11.1. The van der Waals surface area contributed by atoms with E-state index >= 15 is 0 Å². The molecule has 0 radical (unpaired) electrons. The Balaban J connectivity index is 2.73. The Hall–Kier alpha value is -1.41. The molecule has 1 aromatic rings. The molecular weight excluding hydrogens is 362 g/mol. The van der Waals surface area contributed by atoms with E-state index in [0.29, 0.717) is 5.56 Å². The number of benzene rings is 1. The normalized spacial score (nSPS) is 12.0. The SMILES string of the molecule is CC(C)(NC(=O)CS(=O)(=O)Cc1cccc(Br)c1)C(=O)O. The summed E-state index contributed by atoms with van der Waals surface area (Å²) in [6.45, 7) is 2.57. The highest BCUT2D eigenvalue weighted by atomic mass is 79.9. The number of carbonyl (C=O) groups is 2. The lowest BCUT2D eigenvalue weighted by Crippen LogP contribution is -2.51. The molecule has 0 atom stereocenters. The first kappa shape index (κ1) is 17.6. The number of amides is 1. The van der Waals surface area contributed by atoms with Gasteiger partial charge in [0, 0.05) is 4.47 Å². The molecule has 0 saturated heterocycles. The maximum atomic E-state index is 12.0. The van der Waals surface area contributed by atoms with E-state index in [1.54, 1.807) is 24.3 Å². The molecule has 0 heterocycles. The molecule has 0 aliphatic carbocycles. The quantitative estimate of drug-likeness (QED) is 0.778. The zero-order chi connectivity index (χ0) is 16.3. The van der Waals surface area contributed by atoms with Crippen molar-refractivity contribution in [3.63, 3.8) is 0 Å². The van der Waals surface area contributed by atoms with Crippen LogP contribution < -0.4 is 5.32 Å². The maximum absolute atomic E-state index is 12.0. The Kier molecular flexibility index (Phi) is 5.52. The van der Waals surface area contributed by atoms with Crippen LogP contribution in [-0.2, 0) is 25.2 Å². The Morgan fingerprint density at radius 3 is 2.48 bits per heavy atom. The Labute approximate surface area is 131 Å². The second-order valence-corrected chi connectivity index (χ2v) is 8.12. The molecule has 1 rings (SSSR count). The fourth-order valence-electron chi connectivity index (χ4n) is 1.57. The fraction of sp³-hybridized carbons (Fsp3) is 0.385. The van der Waals surface area contributed by atoms with Gasteiger partial charge >= 0.3 is 5.97 Å². The zero-order valence-electron chi connectivity index (χ0n) is 11.6. The van der Waals surface area contributed by atoms with Crippen molar-refractivity contribution >= 4 is 37.6 Å². The molecule has 0 fully saturated rings. The molecule has 0 bridgehead atoms. The van der Waals surface area contributed by atoms with E-state index in [0.717, 1.165) is 4.47 Å². The Morgan fingerprint density at radius 2 is 1.95 bits per heavy atom. The summed E-state index contributed by atoms with van der Waals surface area (Å²) >= 11 is 3.24. The fourth-order valence-corrected chi connectivity index (χ4v) is 3.28. The smallest absolute Gasteiger partial charge is 0.328 e. The standard InChI is InChI=1S/C13H16BrNO5S/c1-13(2,12(17)18)15-11(16)8-21(19,20)7-9-4-3-5-10(14)6-9/h3-6H,7-8H2,1-2H3,(H,15,16)(H,17,18). The van der Waals surface area contributed by atoms with Crippen molar-refractivity contribution in [1.82, 2.24) is 5.32 Å². The van der Waals surface area contributed by atoms with Crippen LogP contribution in [0, 0.1) is 0 Å². The van der Waals surface area contributed by atoms with Gasteiger partial charge in [0.15, 0.2) is 9.84 Å². The topological polar surface area (TPSA) is 101 Å². The van der Waals surface area contributed by atoms with Crippen molar-refractivity contribution in [2.24, 2.45) is 0 Å². The lowest BCUT2D eigenvalue weighted by Gasteiger charge is -2.20. The highest BCUT2D eigenvalue weighted by molar-refractivity contribution is 9.10. The van der Waals surface area contributed by atoms with Gasteiger partial charge in [0.05, 0.1) is 5.75 Å². The van der Waals surface area contributed by atoms with Gasteiger partial charge in [0.25, 0.3) is 0 Å². The van der Waals surface area contributed by atoms with Gasteiger partial charge in [-0.25, -0.2) is 13.2 Å². The molecule has 6 nitrogen and oxygen atoms in total. The van der Waals surface area contributed by atoms with Gasteiger partial charge in [-0.1, -0.05) is 28.1 Å². The number of carboxylic acids is 1. The molecular formula is C13H16BrNO5S. The van der Waals surface area contributed by atoms with Crippen LogP contribution >= 0.6 is 15.9 Å². The number of aliphatic carboxylic acids is 1. The van der Waals surface area contributed by atoms with Crippen LogP contribution in [0.1, 0.15) is 19.4 Å². The summed E-state index contributed by atoms with van der Waals surface area (Å²) < 4.78 is 24.6. The predicted molar refractivity (Wildman–Crippen MR) is 81.5 cm³/mol. The van der Waals surface area contributed by atoms with Crippen LogP contribution in [0.2, 0.25) is 0 Å². The molecule has 1 amide bonds. The highest BCUT2D eigenvalue weighted by Gasteiger charge is 2.30. The Morgan fingerprint density at radius 1 is 1.33 bits per heavy atom. The van der Waals surface area contributed by atoms with E-state index in [-0.39, 0.29) is 5.75 Å². The first-order valence-electron chi connectivity index (χ1n) is 6.01. The summed E-state index contributed by atoms with van der Waals surface area (Å²) in [5.41, 5.74) is -0.961. The average molecular weight is 378 g/mol. The monoisotopic (exact) mass is 377 g/mol. The van der Waals surface area contributed by atoms with Gasteiger partial charge in [-0.2, -0.15) is 0 Å². The van der Waals surface area contributed by atoms with E-state index in [4.69, 9.17) is 5.11 Å². The lowest BCUT2D eigenvalue weighted by atomic mass is 10.1. The molecule has 8 heteroatoms. The van der Waals surface area contributed by atoms with Crippen LogP contribution in [0.5, 0.6) is 0 Å². The Bertz CT molecular complexity index is 654. The van der Waals surface area contributed by atoms with Crippen molar-refractivity contribution in [2.45, 2.75) is 25.1 Å². The molecule has 21 heavy (non-hydrogen) atoms. The second kappa shape index (κ2) is 6.57. The number of sulfone groups is 1. The number of halogens is 1. The highest BCUT2D eigenvalue weighted by Crippen LogP contribution is 2.14. The molecule has 116 valence electrons. The summed E-state index contributed by atoms with van der Waals surface area (Å²) in [4.78, 5) is 22.6. The van der Waals surface area contributed by atoms with Crippen molar-refractivity contribution in [3.05, 3.63) is 34.3 Å². The summed E-state index contributed by atoms with van der Waals surface area (Å²) in [6.07, 6.45) is 0. The van der Waals surface area contributed by atoms with E-state index < -0.39 is 33.0 Å². The number of hydrogen-bond acceptors (Lipinski definition) is 4. The average Bonchev–Trinajstić information content (AvgIpc) is 2.25. The molecule has 0 spiro atoms. The van der Waals surface area contributed by atoms with Crippen LogP contribution in [-0.4, -0.2) is 36.7 Å². The maximum Gasteiger partial charge on any atom is 0.328 e. The molecule has 0 saturated carbocycles.